The SMILES string of the molecule is CCOC(=O)NC1CCCN(C(=O)C2(CC)CCNC2)C1. The summed E-state index contributed by atoms with van der Waals surface area (Å²) in [7, 11) is 0. The normalized spacial score (nSPS) is 29.2. The van der Waals surface area contributed by atoms with E-state index in [2.05, 4.69) is 17.6 Å². The zero-order chi connectivity index (χ0) is 15.3. The fourth-order valence-electron chi connectivity index (χ4n) is 3.33. The Balaban J connectivity index is 1.94. The number of hydrogen-bond acceptors (Lipinski definition) is 4. The molecule has 0 aromatic rings. The summed E-state index contributed by atoms with van der Waals surface area (Å²) in [5.74, 6) is 0.241. The van der Waals surface area contributed by atoms with Crippen molar-refractivity contribution in [2.45, 2.75) is 45.6 Å². The molecule has 2 aliphatic rings. The molecule has 2 rings (SSSR count). The number of nitrogens with one attached hydrogen (secondary N) is 2. The van der Waals surface area contributed by atoms with Gasteiger partial charge in [0.2, 0.25) is 5.91 Å². The number of amides is 2. The van der Waals surface area contributed by atoms with Gasteiger partial charge in [-0.1, -0.05) is 6.92 Å². The van der Waals surface area contributed by atoms with E-state index in [4.69, 9.17) is 4.74 Å². The highest BCUT2D eigenvalue weighted by atomic mass is 16.5. The van der Waals surface area contributed by atoms with Gasteiger partial charge in [0.05, 0.1) is 12.0 Å². The molecule has 6 nitrogen and oxygen atoms in total. The van der Waals surface area contributed by atoms with Gasteiger partial charge in [-0.05, 0) is 39.2 Å². The van der Waals surface area contributed by atoms with Crippen LogP contribution >= 0.6 is 0 Å². The van der Waals surface area contributed by atoms with Crippen LogP contribution in [0.5, 0.6) is 0 Å². The third kappa shape index (κ3) is 3.67. The molecule has 2 amide bonds. The van der Waals surface area contributed by atoms with Crippen molar-refractivity contribution in [2.75, 3.05) is 32.8 Å². The van der Waals surface area contributed by atoms with Crippen LogP contribution in [0, 0.1) is 5.41 Å². The molecular formula is C15H27N3O3. The van der Waals surface area contributed by atoms with Crippen molar-refractivity contribution in [1.29, 1.82) is 0 Å². The Morgan fingerprint density at radius 1 is 1.43 bits per heavy atom. The average Bonchev–Trinajstić information content (AvgIpc) is 2.97. The van der Waals surface area contributed by atoms with Gasteiger partial charge in [0.25, 0.3) is 0 Å². The fourth-order valence-corrected chi connectivity index (χ4v) is 3.33. The molecule has 2 atom stereocenters. The van der Waals surface area contributed by atoms with Crippen molar-refractivity contribution in [2.24, 2.45) is 5.41 Å². The Hall–Kier alpha value is -1.30. The number of carbonyl (C=O) groups excluding carboxylic acids is 2. The number of piperidine rings is 1. The maximum absolute atomic E-state index is 12.9. The van der Waals surface area contributed by atoms with Crippen molar-refractivity contribution >= 4 is 12.0 Å². The molecule has 0 aliphatic carbocycles. The van der Waals surface area contributed by atoms with Gasteiger partial charge in [-0.15, -0.1) is 0 Å². The maximum Gasteiger partial charge on any atom is 0.407 e. The quantitative estimate of drug-likeness (QED) is 0.815. The first-order valence-electron chi connectivity index (χ1n) is 8.04. The Bertz CT molecular complexity index is 380. The average molecular weight is 297 g/mol. The van der Waals surface area contributed by atoms with E-state index in [-0.39, 0.29) is 23.5 Å². The molecule has 0 saturated carbocycles. The minimum atomic E-state index is -0.385. The van der Waals surface area contributed by atoms with Crippen LogP contribution in [0.3, 0.4) is 0 Å². The lowest BCUT2D eigenvalue weighted by molar-refractivity contribution is -0.142. The van der Waals surface area contributed by atoms with Gasteiger partial charge < -0.3 is 20.3 Å². The molecule has 21 heavy (non-hydrogen) atoms. The van der Waals surface area contributed by atoms with Crippen LogP contribution in [-0.2, 0) is 9.53 Å². The first-order valence-corrected chi connectivity index (χ1v) is 8.04. The van der Waals surface area contributed by atoms with E-state index in [1.54, 1.807) is 6.92 Å². The highest BCUT2D eigenvalue weighted by molar-refractivity contribution is 5.83. The molecule has 2 aliphatic heterocycles. The van der Waals surface area contributed by atoms with Crippen LogP contribution in [0.2, 0.25) is 0 Å². The monoisotopic (exact) mass is 297 g/mol. The topological polar surface area (TPSA) is 70.7 Å². The summed E-state index contributed by atoms with van der Waals surface area (Å²) in [5, 5.41) is 6.16. The maximum atomic E-state index is 12.9. The molecule has 0 bridgehead atoms. The largest absolute Gasteiger partial charge is 0.450 e. The van der Waals surface area contributed by atoms with Crippen LogP contribution in [-0.4, -0.2) is 55.7 Å². The van der Waals surface area contributed by atoms with Gasteiger partial charge in [-0.3, -0.25) is 4.79 Å². The van der Waals surface area contributed by atoms with Crippen LogP contribution in [0.1, 0.15) is 39.5 Å². The highest BCUT2D eigenvalue weighted by Gasteiger charge is 2.43. The molecule has 120 valence electrons. The number of hydrogen-bond donors (Lipinski definition) is 2. The van der Waals surface area contributed by atoms with E-state index < -0.39 is 0 Å². The molecule has 2 unspecified atom stereocenters. The number of ether oxygens (including phenoxy) is 1. The Kier molecular flexibility index (Phi) is 5.45. The van der Waals surface area contributed by atoms with Crippen LogP contribution < -0.4 is 10.6 Å². The first-order chi connectivity index (χ1) is 10.1. The summed E-state index contributed by atoms with van der Waals surface area (Å²) in [6.45, 7) is 7.32. The third-order valence-corrected chi connectivity index (χ3v) is 4.68. The number of likely N-dealkylation sites (tertiary alicyclic amines) is 1. The number of carbonyl (C=O) groups is 2. The molecule has 0 radical (unpaired) electrons. The highest BCUT2D eigenvalue weighted by Crippen LogP contribution is 2.32. The molecule has 2 saturated heterocycles. The second-order valence-corrected chi connectivity index (χ2v) is 6.02. The van der Waals surface area contributed by atoms with Gasteiger partial charge in [0.1, 0.15) is 0 Å². The molecule has 0 aromatic carbocycles. The molecule has 2 heterocycles. The van der Waals surface area contributed by atoms with Gasteiger partial charge in [-0.25, -0.2) is 4.79 Å². The van der Waals surface area contributed by atoms with Crippen molar-refractivity contribution in [3.8, 4) is 0 Å². The van der Waals surface area contributed by atoms with Crippen molar-refractivity contribution < 1.29 is 14.3 Å². The van der Waals surface area contributed by atoms with Crippen molar-refractivity contribution in [1.82, 2.24) is 15.5 Å². The second-order valence-electron chi connectivity index (χ2n) is 6.02. The summed E-state index contributed by atoms with van der Waals surface area (Å²) in [6.07, 6.45) is 3.22. The summed E-state index contributed by atoms with van der Waals surface area (Å²) in [5.41, 5.74) is -0.244. The summed E-state index contributed by atoms with van der Waals surface area (Å²) in [4.78, 5) is 26.3. The summed E-state index contributed by atoms with van der Waals surface area (Å²) < 4.78 is 4.92. The Morgan fingerprint density at radius 3 is 2.86 bits per heavy atom. The summed E-state index contributed by atoms with van der Waals surface area (Å²) in [6, 6.07) is 0.00465. The van der Waals surface area contributed by atoms with E-state index in [0.717, 1.165) is 45.3 Å². The molecular weight excluding hydrogens is 270 g/mol. The van der Waals surface area contributed by atoms with Gasteiger partial charge in [-0.2, -0.15) is 0 Å². The molecule has 6 heteroatoms. The molecule has 2 N–H and O–H groups in total. The van der Waals surface area contributed by atoms with E-state index in [9.17, 15) is 9.59 Å². The van der Waals surface area contributed by atoms with Crippen molar-refractivity contribution in [3.63, 3.8) is 0 Å². The number of nitrogens with zero attached hydrogens (tertiary/aromatic N) is 1. The van der Waals surface area contributed by atoms with Crippen LogP contribution in [0.25, 0.3) is 0 Å². The summed E-state index contributed by atoms with van der Waals surface area (Å²) >= 11 is 0. The van der Waals surface area contributed by atoms with Gasteiger partial charge >= 0.3 is 6.09 Å². The van der Waals surface area contributed by atoms with Crippen molar-refractivity contribution in [3.05, 3.63) is 0 Å². The molecule has 0 aromatic heterocycles. The number of rotatable bonds is 4. The lowest BCUT2D eigenvalue weighted by Crippen LogP contribution is -2.54. The lowest BCUT2D eigenvalue weighted by Gasteiger charge is -2.38. The zero-order valence-corrected chi connectivity index (χ0v) is 13.1. The van der Waals surface area contributed by atoms with E-state index >= 15 is 0 Å². The Morgan fingerprint density at radius 2 is 2.24 bits per heavy atom. The van der Waals surface area contributed by atoms with Gasteiger partial charge in [0.15, 0.2) is 0 Å². The number of alkyl carbamates (subject to hydrolysis) is 1. The van der Waals surface area contributed by atoms with E-state index in [1.807, 2.05) is 4.90 Å². The minimum Gasteiger partial charge on any atom is -0.450 e. The van der Waals surface area contributed by atoms with Gasteiger partial charge in [0, 0.05) is 25.7 Å². The zero-order valence-electron chi connectivity index (χ0n) is 13.1. The second kappa shape index (κ2) is 7.11. The molecule has 2 fully saturated rings. The van der Waals surface area contributed by atoms with Crippen LogP contribution in [0.4, 0.5) is 4.79 Å². The lowest BCUT2D eigenvalue weighted by atomic mass is 9.82. The fraction of sp³-hybridized carbons (Fsp3) is 0.867. The van der Waals surface area contributed by atoms with E-state index in [1.165, 1.54) is 0 Å². The minimum absolute atomic E-state index is 0.00465. The standard InChI is InChI=1S/C15H27N3O3/c1-3-15(7-8-16-11-15)13(19)18-9-5-6-12(10-18)17-14(20)21-4-2/h12,16H,3-11H2,1-2H3,(H,17,20). The predicted molar refractivity (Wildman–Crippen MR) is 80.0 cm³/mol. The Labute approximate surface area is 126 Å². The van der Waals surface area contributed by atoms with E-state index in [0.29, 0.717) is 13.2 Å². The smallest absolute Gasteiger partial charge is 0.407 e. The first kappa shape index (κ1) is 16.1. The van der Waals surface area contributed by atoms with Crippen LogP contribution in [0.15, 0.2) is 0 Å². The predicted octanol–water partition coefficient (Wildman–Crippen LogP) is 1.11. The third-order valence-electron chi connectivity index (χ3n) is 4.68. The molecule has 0 spiro atoms.